The van der Waals surface area contributed by atoms with Crippen molar-refractivity contribution >= 4 is 23.2 Å². The third-order valence-corrected chi connectivity index (χ3v) is 6.41. The summed E-state index contributed by atoms with van der Waals surface area (Å²) in [5.74, 6) is 1.53. The molecule has 9 heteroatoms. The molecule has 2 amide bonds. The zero-order chi connectivity index (χ0) is 20.1. The lowest BCUT2D eigenvalue weighted by Gasteiger charge is -2.36. The summed E-state index contributed by atoms with van der Waals surface area (Å²) in [5.41, 5.74) is 0. The molecule has 4 rings (SSSR count). The Labute approximate surface area is 174 Å². The Balaban J connectivity index is 1.15. The van der Waals surface area contributed by atoms with Gasteiger partial charge in [-0.25, -0.2) is 0 Å². The van der Waals surface area contributed by atoms with Gasteiger partial charge in [0.05, 0.1) is 11.4 Å². The number of carbonyl (C=O) groups is 2. The maximum Gasteiger partial charge on any atom is 0.242 e. The number of hydrogen-bond acceptors (Lipinski definition) is 7. The van der Waals surface area contributed by atoms with Crippen molar-refractivity contribution in [3.05, 3.63) is 23.4 Å². The molecule has 0 aliphatic carbocycles. The predicted molar refractivity (Wildman–Crippen MR) is 109 cm³/mol. The number of thiophene rings is 1. The number of carbonyl (C=O) groups excluding carboxylic acids is 2. The van der Waals surface area contributed by atoms with Gasteiger partial charge in [-0.3, -0.25) is 14.5 Å². The molecule has 2 aromatic rings. The number of likely N-dealkylation sites (tertiary alicyclic amines) is 1. The van der Waals surface area contributed by atoms with Crippen LogP contribution in [0.2, 0.25) is 0 Å². The Kier molecular flexibility index (Phi) is 6.56. The highest BCUT2D eigenvalue weighted by Crippen LogP contribution is 2.21. The first-order valence-electron chi connectivity index (χ1n) is 10.3. The van der Waals surface area contributed by atoms with Crippen LogP contribution >= 0.6 is 11.3 Å². The van der Waals surface area contributed by atoms with E-state index in [1.807, 2.05) is 22.4 Å². The van der Waals surface area contributed by atoms with E-state index in [0.29, 0.717) is 24.7 Å². The minimum atomic E-state index is 0.0758. The third kappa shape index (κ3) is 5.22. The lowest BCUT2D eigenvalue weighted by Crippen LogP contribution is -2.52. The fraction of sp³-hybridized carbons (Fsp3) is 0.600. The lowest BCUT2D eigenvalue weighted by molar-refractivity contribution is -0.142. The summed E-state index contributed by atoms with van der Waals surface area (Å²) < 4.78 is 5.35. The number of nitrogens with zero attached hydrogens (tertiary/aromatic N) is 5. The van der Waals surface area contributed by atoms with Crippen LogP contribution in [-0.4, -0.2) is 82.5 Å². The highest BCUT2D eigenvalue weighted by molar-refractivity contribution is 7.13. The first-order valence-corrected chi connectivity index (χ1v) is 11.2. The second-order valence-corrected chi connectivity index (χ2v) is 8.54. The second kappa shape index (κ2) is 9.49. The zero-order valence-electron chi connectivity index (χ0n) is 16.6. The van der Waals surface area contributed by atoms with Crippen LogP contribution in [0.5, 0.6) is 0 Å². The normalized spacial score (nSPS) is 18.4. The Morgan fingerprint density at radius 2 is 2.03 bits per heavy atom. The van der Waals surface area contributed by atoms with E-state index in [2.05, 4.69) is 15.0 Å². The van der Waals surface area contributed by atoms with E-state index in [1.54, 1.807) is 16.2 Å². The first-order chi connectivity index (χ1) is 14.2. The van der Waals surface area contributed by atoms with Gasteiger partial charge in [-0.1, -0.05) is 11.2 Å². The van der Waals surface area contributed by atoms with E-state index in [-0.39, 0.29) is 18.4 Å². The van der Waals surface area contributed by atoms with Crippen molar-refractivity contribution in [3.8, 4) is 10.7 Å². The van der Waals surface area contributed by atoms with Crippen molar-refractivity contribution in [1.29, 1.82) is 0 Å². The monoisotopic (exact) mass is 417 g/mol. The molecule has 2 aliphatic rings. The molecule has 156 valence electrons. The molecule has 8 nitrogen and oxygen atoms in total. The summed E-state index contributed by atoms with van der Waals surface area (Å²) in [4.78, 5) is 35.9. The van der Waals surface area contributed by atoms with E-state index in [9.17, 15) is 9.59 Å². The van der Waals surface area contributed by atoms with Crippen LogP contribution in [-0.2, 0) is 16.0 Å². The summed E-state index contributed by atoms with van der Waals surface area (Å²) in [7, 11) is 0. The van der Waals surface area contributed by atoms with Gasteiger partial charge in [-0.05, 0) is 37.3 Å². The largest absolute Gasteiger partial charge is 0.339 e. The molecule has 0 saturated carbocycles. The van der Waals surface area contributed by atoms with E-state index < -0.39 is 0 Å². The van der Waals surface area contributed by atoms with Crippen molar-refractivity contribution < 1.29 is 14.1 Å². The number of hydrogen-bond donors (Lipinski definition) is 0. The van der Waals surface area contributed by atoms with Crippen LogP contribution in [0.15, 0.2) is 22.0 Å². The van der Waals surface area contributed by atoms with Crippen molar-refractivity contribution in [2.75, 3.05) is 45.8 Å². The van der Waals surface area contributed by atoms with Gasteiger partial charge in [0.25, 0.3) is 0 Å². The van der Waals surface area contributed by atoms with Gasteiger partial charge < -0.3 is 14.3 Å². The summed E-state index contributed by atoms with van der Waals surface area (Å²) in [6, 6.07) is 3.96. The molecular formula is C20H27N5O3S. The molecule has 0 spiro atoms. The molecular weight excluding hydrogens is 390 g/mol. The highest BCUT2D eigenvalue weighted by atomic mass is 32.1. The van der Waals surface area contributed by atoms with Crippen molar-refractivity contribution in [2.45, 2.75) is 32.1 Å². The predicted octanol–water partition coefficient (Wildman–Crippen LogP) is 1.89. The molecule has 2 aromatic heterocycles. The zero-order valence-corrected chi connectivity index (χ0v) is 17.4. The molecule has 0 bridgehead atoms. The van der Waals surface area contributed by atoms with Gasteiger partial charge in [0, 0.05) is 45.6 Å². The number of piperazine rings is 1. The fourth-order valence-electron chi connectivity index (χ4n) is 3.83. The quantitative estimate of drug-likeness (QED) is 0.684. The third-order valence-electron chi connectivity index (χ3n) is 5.55. The summed E-state index contributed by atoms with van der Waals surface area (Å²) in [6.45, 7) is 5.09. The van der Waals surface area contributed by atoms with E-state index in [1.165, 1.54) is 0 Å². The molecule has 0 radical (unpaired) electrons. The Hall–Kier alpha value is -2.26. The Morgan fingerprint density at radius 3 is 2.79 bits per heavy atom. The maximum absolute atomic E-state index is 12.5. The van der Waals surface area contributed by atoms with Crippen LogP contribution < -0.4 is 0 Å². The molecule has 0 atom stereocenters. The van der Waals surface area contributed by atoms with Crippen LogP contribution in [0.1, 0.15) is 31.6 Å². The van der Waals surface area contributed by atoms with E-state index in [4.69, 9.17) is 4.52 Å². The van der Waals surface area contributed by atoms with E-state index >= 15 is 0 Å². The first kappa shape index (κ1) is 20.0. The average Bonchev–Trinajstić information content (AvgIpc) is 3.42. The number of piperidine rings is 1. The number of rotatable bonds is 7. The number of aryl methyl sites for hydroxylation is 1. The van der Waals surface area contributed by atoms with Gasteiger partial charge >= 0.3 is 0 Å². The van der Waals surface area contributed by atoms with Gasteiger partial charge in [-0.2, -0.15) is 4.98 Å². The smallest absolute Gasteiger partial charge is 0.242 e. The van der Waals surface area contributed by atoms with Gasteiger partial charge in [0.15, 0.2) is 0 Å². The van der Waals surface area contributed by atoms with Crippen LogP contribution in [0.3, 0.4) is 0 Å². The molecule has 2 saturated heterocycles. The minimum absolute atomic E-state index is 0.0758. The summed E-state index contributed by atoms with van der Waals surface area (Å²) in [5, 5.41) is 6.05. The van der Waals surface area contributed by atoms with Crippen molar-refractivity contribution in [3.63, 3.8) is 0 Å². The second-order valence-electron chi connectivity index (χ2n) is 7.59. The fourth-order valence-corrected chi connectivity index (χ4v) is 4.48. The average molecular weight is 418 g/mol. The lowest BCUT2D eigenvalue weighted by atomic mass is 10.1. The van der Waals surface area contributed by atoms with Crippen LogP contribution in [0.25, 0.3) is 10.7 Å². The molecule has 2 fully saturated rings. The molecule has 0 aromatic carbocycles. The van der Waals surface area contributed by atoms with Crippen LogP contribution in [0, 0.1) is 0 Å². The van der Waals surface area contributed by atoms with Crippen molar-refractivity contribution in [1.82, 2.24) is 24.8 Å². The molecule has 0 N–H and O–H groups in total. The standard InChI is InChI=1S/C20H27N5O3S/c26-18-7-1-2-9-25(18)15-19(27)24-12-10-23(11-13-24)8-3-6-17-21-20(22-28-17)16-5-4-14-29-16/h4-5,14H,1-3,6-13,15H2. The summed E-state index contributed by atoms with van der Waals surface area (Å²) >= 11 is 1.60. The van der Waals surface area contributed by atoms with Gasteiger partial charge in [-0.15, -0.1) is 11.3 Å². The van der Waals surface area contributed by atoms with Crippen molar-refractivity contribution in [2.24, 2.45) is 0 Å². The van der Waals surface area contributed by atoms with Gasteiger partial charge in [0.2, 0.25) is 23.5 Å². The minimum Gasteiger partial charge on any atom is -0.339 e. The SMILES string of the molecule is O=C(CN1CCCCC1=O)N1CCN(CCCc2nc(-c3cccs3)no2)CC1. The number of amides is 2. The Bertz CT molecular complexity index is 814. The number of aromatic nitrogens is 2. The molecule has 2 aliphatic heterocycles. The molecule has 0 unspecified atom stereocenters. The summed E-state index contributed by atoms with van der Waals surface area (Å²) in [6.07, 6.45) is 4.23. The Morgan fingerprint density at radius 1 is 1.17 bits per heavy atom. The topological polar surface area (TPSA) is 82.8 Å². The molecule has 4 heterocycles. The van der Waals surface area contributed by atoms with Crippen LogP contribution in [0.4, 0.5) is 0 Å². The maximum atomic E-state index is 12.5. The highest BCUT2D eigenvalue weighted by Gasteiger charge is 2.25. The van der Waals surface area contributed by atoms with Gasteiger partial charge in [0.1, 0.15) is 0 Å². The van der Waals surface area contributed by atoms with E-state index in [0.717, 1.165) is 63.3 Å². The molecule has 29 heavy (non-hydrogen) atoms.